The summed E-state index contributed by atoms with van der Waals surface area (Å²) in [7, 11) is 1.52. The number of rotatable bonds is 3. The molecule has 2 N–H and O–H groups in total. The minimum Gasteiger partial charge on any atom is -0.481 e. The summed E-state index contributed by atoms with van der Waals surface area (Å²) >= 11 is 0. The standard InChI is InChI=1S/C18H20FN3O3/c1-10-17(21-13-6-7-20-16(9-13)25-3)14-8-12(19)4-5-15(14)22(11(2)23)18(10)24/h4-10,17-18,24H,1-3H3,(H,20,21)/t10-,17-,18+/m1/s1. The van der Waals surface area contributed by atoms with Crippen LogP contribution < -0.4 is 15.0 Å². The first-order chi connectivity index (χ1) is 11.9. The molecule has 132 valence electrons. The van der Waals surface area contributed by atoms with Gasteiger partial charge in [0.25, 0.3) is 0 Å². The fourth-order valence-corrected chi connectivity index (χ4v) is 3.18. The van der Waals surface area contributed by atoms with Crippen molar-refractivity contribution in [1.82, 2.24) is 4.98 Å². The van der Waals surface area contributed by atoms with Crippen molar-refractivity contribution in [2.45, 2.75) is 26.1 Å². The first kappa shape index (κ1) is 17.2. The molecule has 6 nitrogen and oxygen atoms in total. The number of aromatic nitrogens is 1. The van der Waals surface area contributed by atoms with Gasteiger partial charge in [-0.05, 0) is 24.3 Å². The molecule has 0 unspecified atom stereocenters. The highest BCUT2D eigenvalue weighted by atomic mass is 19.1. The number of halogens is 1. The van der Waals surface area contributed by atoms with Crippen molar-refractivity contribution < 1.29 is 19.0 Å². The first-order valence-electron chi connectivity index (χ1n) is 7.96. The zero-order chi connectivity index (χ0) is 18.1. The topological polar surface area (TPSA) is 74.7 Å². The molecule has 3 rings (SSSR count). The fourth-order valence-electron chi connectivity index (χ4n) is 3.18. The number of aliphatic hydroxyl groups excluding tert-OH is 1. The number of pyridine rings is 1. The van der Waals surface area contributed by atoms with E-state index in [2.05, 4.69) is 10.3 Å². The molecule has 0 radical (unpaired) electrons. The molecular weight excluding hydrogens is 325 g/mol. The smallest absolute Gasteiger partial charge is 0.225 e. The number of hydrogen-bond donors (Lipinski definition) is 2. The van der Waals surface area contributed by atoms with E-state index in [1.54, 1.807) is 18.3 Å². The Morgan fingerprint density at radius 2 is 2.12 bits per heavy atom. The second-order valence-electron chi connectivity index (χ2n) is 6.07. The van der Waals surface area contributed by atoms with Crippen LogP contribution in [0.5, 0.6) is 5.88 Å². The third-order valence-corrected chi connectivity index (χ3v) is 4.45. The zero-order valence-electron chi connectivity index (χ0n) is 14.2. The van der Waals surface area contributed by atoms with Crippen molar-refractivity contribution in [1.29, 1.82) is 0 Å². The minimum absolute atomic E-state index is 0.295. The molecule has 1 aromatic carbocycles. The lowest BCUT2D eigenvalue weighted by Gasteiger charge is -2.42. The van der Waals surface area contributed by atoms with E-state index in [4.69, 9.17) is 4.74 Å². The monoisotopic (exact) mass is 345 g/mol. The molecule has 0 spiro atoms. The zero-order valence-corrected chi connectivity index (χ0v) is 14.2. The van der Waals surface area contributed by atoms with Crippen molar-refractivity contribution in [3.8, 4) is 5.88 Å². The Bertz CT molecular complexity index is 799. The van der Waals surface area contributed by atoms with E-state index in [0.29, 0.717) is 17.1 Å². The van der Waals surface area contributed by atoms with Crippen LogP contribution in [-0.4, -0.2) is 29.3 Å². The van der Waals surface area contributed by atoms with Gasteiger partial charge in [-0.1, -0.05) is 6.92 Å². The van der Waals surface area contributed by atoms with Crippen molar-refractivity contribution in [2.24, 2.45) is 5.92 Å². The van der Waals surface area contributed by atoms with Crippen molar-refractivity contribution in [2.75, 3.05) is 17.3 Å². The van der Waals surface area contributed by atoms with E-state index >= 15 is 0 Å². The van der Waals surface area contributed by atoms with E-state index in [9.17, 15) is 14.3 Å². The highest BCUT2D eigenvalue weighted by Crippen LogP contribution is 2.42. The second-order valence-corrected chi connectivity index (χ2v) is 6.07. The average Bonchev–Trinajstić information content (AvgIpc) is 2.59. The van der Waals surface area contributed by atoms with Gasteiger partial charge >= 0.3 is 0 Å². The number of benzene rings is 1. The number of nitrogens with zero attached hydrogens (tertiary/aromatic N) is 2. The normalized spacial score (nSPS) is 22.3. The Kier molecular flexibility index (Phi) is 4.59. The van der Waals surface area contributed by atoms with E-state index in [-0.39, 0.29) is 17.9 Å². The Hall–Kier alpha value is -2.67. The van der Waals surface area contributed by atoms with Gasteiger partial charge in [-0.15, -0.1) is 0 Å². The first-order valence-corrected chi connectivity index (χ1v) is 7.96. The van der Waals surface area contributed by atoms with E-state index in [1.807, 2.05) is 6.92 Å². The highest BCUT2D eigenvalue weighted by molar-refractivity contribution is 5.93. The lowest BCUT2D eigenvalue weighted by molar-refractivity contribution is -0.119. The van der Waals surface area contributed by atoms with Gasteiger partial charge in [0.2, 0.25) is 11.8 Å². The van der Waals surface area contributed by atoms with Crippen molar-refractivity contribution in [3.63, 3.8) is 0 Å². The largest absolute Gasteiger partial charge is 0.481 e. The molecule has 3 atom stereocenters. The summed E-state index contributed by atoms with van der Waals surface area (Å²) < 4.78 is 19.0. The molecule has 1 aliphatic rings. The van der Waals surface area contributed by atoms with Crippen LogP contribution in [0, 0.1) is 11.7 Å². The number of nitrogens with one attached hydrogen (secondary N) is 1. The summed E-state index contributed by atoms with van der Waals surface area (Å²) in [4.78, 5) is 17.3. The van der Waals surface area contributed by atoms with Gasteiger partial charge in [-0.3, -0.25) is 9.69 Å². The number of ether oxygens (including phenoxy) is 1. The molecule has 25 heavy (non-hydrogen) atoms. The summed E-state index contributed by atoms with van der Waals surface area (Å²) in [5.74, 6) is -0.614. The van der Waals surface area contributed by atoms with Crippen LogP contribution in [0.25, 0.3) is 0 Å². The Labute approximate surface area is 145 Å². The van der Waals surface area contributed by atoms with Crippen LogP contribution in [0.2, 0.25) is 0 Å². The molecular formula is C18H20FN3O3. The average molecular weight is 345 g/mol. The highest BCUT2D eigenvalue weighted by Gasteiger charge is 2.39. The molecule has 1 aromatic heterocycles. The second kappa shape index (κ2) is 6.68. The van der Waals surface area contributed by atoms with Crippen LogP contribution in [0.15, 0.2) is 36.5 Å². The van der Waals surface area contributed by atoms with Gasteiger partial charge in [-0.25, -0.2) is 9.37 Å². The summed E-state index contributed by atoms with van der Waals surface area (Å²) in [6.45, 7) is 3.19. The van der Waals surface area contributed by atoms with Gasteiger partial charge in [0.05, 0.1) is 18.8 Å². The molecule has 7 heteroatoms. The van der Waals surface area contributed by atoms with Crippen LogP contribution >= 0.6 is 0 Å². The third-order valence-electron chi connectivity index (χ3n) is 4.45. The molecule has 0 aliphatic carbocycles. The molecule has 0 saturated carbocycles. The third kappa shape index (κ3) is 3.15. The van der Waals surface area contributed by atoms with E-state index in [1.165, 1.54) is 37.1 Å². The lowest BCUT2D eigenvalue weighted by atomic mass is 9.86. The Morgan fingerprint density at radius 3 is 2.80 bits per heavy atom. The summed E-state index contributed by atoms with van der Waals surface area (Å²) in [5.41, 5.74) is 1.84. The molecule has 2 aromatic rings. The van der Waals surface area contributed by atoms with E-state index in [0.717, 1.165) is 5.69 Å². The number of carbonyl (C=O) groups is 1. The fraction of sp³-hybridized carbons (Fsp3) is 0.333. The molecule has 2 heterocycles. The number of amides is 1. The number of carbonyl (C=O) groups excluding carboxylic acids is 1. The van der Waals surface area contributed by atoms with Crippen LogP contribution in [-0.2, 0) is 4.79 Å². The number of fused-ring (bicyclic) bond motifs is 1. The van der Waals surface area contributed by atoms with Gasteiger partial charge in [-0.2, -0.15) is 0 Å². The van der Waals surface area contributed by atoms with Gasteiger partial charge < -0.3 is 15.2 Å². The number of aliphatic hydroxyl groups is 1. The summed E-state index contributed by atoms with van der Waals surface area (Å²) in [6, 6.07) is 7.28. The lowest BCUT2D eigenvalue weighted by Crippen LogP contribution is -2.50. The SMILES string of the molecule is COc1cc(N[C@H]2c3cc(F)ccc3N(C(C)=O)[C@@H](O)[C@@H]2C)ccn1. The molecule has 1 aliphatic heterocycles. The molecule has 0 saturated heterocycles. The number of methoxy groups -OCH3 is 1. The minimum atomic E-state index is -1.02. The van der Waals surface area contributed by atoms with Gasteiger partial charge in [0, 0.05) is 36.4 Å². The van der Waals surface area contributed by atoms with Crippen molar-refractivity contribution in [3.05, 3.63) is 47.9 Å². The van der Waals surface area contributed by atoms with Crippen LogP contribution in [0.1, 0.15) is 25.5 Å². The van der Waals surface area contributed by atoms with E-state index < -0.39 is 12.0 Å². The Morgan fingerprint density at radius 1 is 1.36 bits per heavy atom. The van der Waals surface area contributed by atoms with Gasteiger partial charge in [0.15, 0.2) is 0 Å². The van der Waals surface area contributed by atoms with Gasteiger partial charge in [0.1, 0.15) is 12.0 Å². The number of anilines is 2. The summed E-state index contributed by atoms with van der Waals surface area (Å²) in [5, 5.41) is 13.9. The maximum atomic E-state index is 13.9. The molecule has 0 bridgehead atoms. The Balaban J connectivity index is 2.04. The number of hydrogen-bond acceptors (Lipinski definition) is 5. The van der Waals surface area contributed by atoms with Crippen LogP contribution in [0.4, 0.5) is 15.8 Å². The molecule has 0 fully saturated rings. The quantitative estimate of drug-likeness (QED) is 0.895. The molecule has 1 amide bonds. The predicted molar refractivity (Wildman–Crippen MR) is 91.9 cm³/mol. The van der Waals surface area contributed by atoms with Crippen molar-refractivity contribution >= 4 is 17.3 Å². The predicted octanol–water partition coefficient (Wildman–Crippen LogP) is 2.70. The van der Waals surface area contributed by atoms with Crippen LogP contribution in [0.3, 0.4) is 0 Å². The maximum absolute atomic E-state index is 13.9. The maximum Gasteiger partial charge on any atom is 0.225 e. The summed E-state index contributed by atoms with van der Waals surface area (Å²) in [6.07, 6.45) is 0.580.